The lowest BCUT2D eigenvalue weighted by atomic mass is 10.9. The molecule has 0 saturated carbocycles. The average Bonchev–Trinajstić information content (AvgIpc) is 1.35. The van der Waals surface area contributed by atoms with Gasteiger partial charge in [-0.15, -0.1) is 0 Å². The molecule has 0 aromatic rings. The van der Waals surface area contributed by atoms with Crippen LogP contribution in [0.25, 0.3) is 0 Å². The Morgan fingerprint density at radius 1 is 1.33 bits per heavy atom. The van der Waals surface area contributed by atoms with Crippen LogP contribution in [0, 0.1) is 0 Å². The van der Waals surface area contributed by atoms with E-state index in [0.717, 1.165) is 0 Å². The lowest BCUT2D eigenvalue weighted by Gasteiger charge is -2.01. The molecule has 0 bridgehead atoms. The van der Waals surface area contributed by atoms with Gasteiger partial charge in [0, 0.05) is 0 Å². The van der Waals surface area contributed by atoms with E-state index < -0.39 is 2.14 Å². The van der Waals surface area contributed by atoms with E-state index in [9.17, 15) is 5.11 Å². The first kappa shape index (κ1) is 7.40. The van der Waals surface area contributed by atoms with Gasteiger partial charge >= 0.3 is 0 Å². The molecule has 0 N–H and O–H groups in total. The second kappa shape index (κ2) is 2.64. The van der Waals surface area contributed by atoms with Gasteiger partial charge in [-0.2, -0.15) is 0 Å². The van der Waals surface area contributed by atoms with E-state index in [1.54, 1.807) is 0 Å². The van der Waals surface area contributed by atoms with Crippen LogP contribution in [-0.4, -0.2) is 8.75 Å². The second-order valence-electron chi connectivity index (χ2n) is 0.760. The summed E-state index contributed by atoms with van der Waals surface area (Å²) in [6.07, 6.45) is 0. The fourth-order valence-electron chi connectivity index (χ4n) is 0. The first-order chi connectivity index (χ1) is 2.56. The topological polar surface area (TPSA) is 19.9 Å². The molecule has 0 aliphatic rings. The van der Waals surface area contributed by atoms with E-state index in [1.807, 2.05) is 0 Å². The van der Waals surface area contributed by atoms with Gasteiger partial charge in [0.1, 0.15) is 6.61 Å². The normalized spacial score (nSPS) is 12.0. The lowest BCUT2D eigenvalue weighted by Crippen LogP contribution is -2.02. The van der Waals surface area contributed by atoms with Crippen molar-refractivity contribution in [2.24, 2.45) is 0 Å². The Labute approximate surface area is 61.5 Å². The van der Waals surface area contributed by atoms with E-state index in [4.69, 9.17) is 0 Å². The third-order valence-electron chi connectivity index (χ3n) is 0.164. The van der Waals surface area contributed by atoms with Crippen molar-refractivity contribution in [2.75, 3.05) is 6.61 Å². The Kier molecular flexibility index (Phi) is 3.26. The van der Waals surface area contributed by atoms with Gasteiger partial charge in [0.05, 0.1) is 0 Å². The highest BCUT2D eigenvalue weighted by Gasteiger charge is 2.15. The zero-order chi connectivity index (χ0) is 5.21. The van der Waals surface area contributed by atoms with Crippen molar-refractivity contribution in [3.63, 3.8) is 0 Å². The summed E-state index contributed by atoms with van der Waals surface area (Å²) >= 11 is 8.99. The van der Waals surface area contributed by atoms with Crippen molar-refractivity contribution in [1.82, 2.24) is 0 Å². The molecule has 0 amide bonds. The third-order valence-corrected chi connectivity index (χ3v) is 0.850. The summed E-state index contributed by atoms with van der Waals surface area (Å²) in [5, 5.41) is 9.81. The summed E-state index contributed by atoms with van der Waals surface area (Å²) in [6.45, 7) is -0.229. The second-order valence-corrected chi connectivity index (χ2v) is 8.01. The highest BCUT2D eigenvalue weighted by molar-refractivity contribution is 9.39. The molecule has 0 saturated heterocycles. The number of hydrogen-bond donors (Lipinski definition) is 0. The third kappa shape index (κ3) is 5.40. The molecule has 0 aromatic carbocycles. The van der Waals surface area contributed by atoms with E-state index in [-0.39, 0.29) is 6.61 Å². The quantitative estimate of drug-likeness (QED) is 0.607. The van der Waals surface area contributed by atoms with Crippen LogP contribution in [0.15, 0.2) is 0 Å². The van der Waals surface area contributed by atoms with Gasteiger partial charge in [-0.3, -0.25) is 0 Å². The van der Waals surface area contributed by atoms with E-state index in [2.05, 4.69) is 47.8 Å². The SMILES string of the molecule is [O]CC(Br)(Br)Br. The van der Waals surface area contributed by atoms with Crippen LogP contribution in [0.3, 0.4) is 0 Å². The number of rotatable bonds is 0. The fraction of sp³-hybridized carbons (Fsp3) is 1.00. The lowest BCUT2D eigenvalue weighted by molar-refractivity contribution is 0.208. The van der Waals surface area contributed by atoms with Crippen LogP contribution < -0.4 is 0 Å². The van der Waals surface area contributed by atoms with Crippen LogP contribution in [0.5, 0.6) is 0 Å². The number of alkyl halides is 3. The maximum absolute atomic E-state index is 9.81. The Morgan fingerprint density at radius 2 is 1.50 bits per heavy atom. The first-order valence-electron chi connectivity index (χ1n) is 1.21. The van der Waals surface area contributed by atoms with Crippen LogP contribution >= 0.6 is 47.8 Å². The van der Waals surface area contributed by atoms with Crippen molar-refractivity contribution in [2.45, 2.75) is 2.14 Å². The van der Waals surface area contributed by atoms with Gasteiger partial charge in [-0.05, 0) is 0 Å². The minimum absolute atomic E-state index is 0.229. The standard InChI is InChI=1S/C2H2Br3O/c3-2(4,5)1-6/h1H2. The predicted molar refractivity (Wildman–Crippen MR) is 35.1 cm³/mol. The molecular weight excluding hydrogens is 280 g/mol. The maximum atomic E-state index is 9.81. The highest BCUT2D eigenvalue weighted by atomic mass is 80.0. The Morgan fingerprint density at radius 3 is 1.50 bits per heavy atom. The van der Waals surface area contributed by atoms with Crippen LogP contribution in [-0.2, 0) is 5.11 Å². The van der Waals surface area contributed by atoms with E-state index in [0.29, 0.717) is 0 Å². The zero-order valence-electron chi connectivity index (χ0n) is 2.75. The molecule has 0 aliphatic heterocycles. The Balaban J connectivity index is 3.17. The van der Waals surface area contributed by atoms with Crippen molar-refractivity contribution < 1.29 is 5.11 Å². The van der Waals surface area contributed by atoms with Gasteiger partial charge in [0.15, 0.2) is 2.14 Å². The Hall–Kier alpha value is 1.40. The summed E-state index contributed by atoms with van der Waals surface area (Å²) in [7, 11) is 0. The number of halogens is 3. The van der Waals surface area contributed by atoms with Crippen LogP contribution in [0.1, 0.15) is 0 Å². The average molecular weight is 282 g/mol. The summed E-state index contributed by atoms with van der Waals surface area (Å²) in [4.78, 5) is 0. The van der Waals surface area contributed by atoms with Crippen molar-refractivity contribution in [1.29, 1.82) is 0 Å². The molecule has 0 aromatic heterocycles. The van der Waals surface area contributed by atoms with Gasteiger partial charge in [0.25, 0.3) is 0 Å². The molecule has 37 valence electrons. The van der Waals surface area contributed by atoms with E-state index in [1.165, 1.54) is 0 Å². The van der Waals surface area contributed by atoms with Gasteiger partial charge in [-0.1, -0.05) is 47.8 Å². The molecule has 1 nitrogen and oxygen atoms in total. The summed E-state index contributed by atoms with van der Waals surface area (Å²) in [5.41, 5.74) is 0. The van der Waals surface area contributed by atoms with Crippen molar-refractivity contribution >= 4 is 47.8 Å². The minimum Gasteiger partial charge on any atom is -0.233 e. The predicted octanol–water partition coefficient (Wildman–Crippen LogP) is 2.26. The minimum atomic E-state index is -0.576. The van der Waals surface area contributed by atoms with Gasteiger partial charge in [0.2, 0.25) is 0 Å². The maximum Gasteiger partial charge on any atom is 0.161 e. The molecule has 0 fully saturated rings. The van der Waals surface area contributed by atoms with Gasteiger partial charge < -0.3 is 0 Å². The smallest absolute Gasteiger partial charge is 0.161 e. The molecule has 4 heteroatoms. The summed E-state index contributed by atoms with van der Waals surface area (Å²) < 4.78 is -0.576. The first-order valence-corrected chi connectivity index (χ1v) is 3.59. The molecule has 0 rings (SSSR count). The number of hydrogen-bond acceptors (Lipinski definition) is 0. The van der Waals surface area contributed by atoms with Crippen molar-refractivity contribution in [3.05, 3.63) is 0 Å². The van der Waals surface area contributed by atoms with Crippen molar-refractivity contribution in [3.8, 4) is 0 Å². The molecule has 0 heterocycles. The molecule has 0 atom stereocenters. The summed E-state index contributed by atoms with van der Waals surface area (Å²) in [6, 6.07) is 0. The fourth-order valence-corrected chi connectivity index (χ4v) is 0. The molecule has 1 radical (unpaired) electrons. The zero-order valence-corrected chi connectivity index (χ0v) is 7.51. The molecule has 0 spiro atoms. The summed E-state index contributed by atoms with van der Waals surface area (Å²) in [5.74, 6) is 0. The highest BCUT2D eigenvalue weighted by Crippen LogP contribution is 2.32. The van der Waals surface area contributed by atoms with E-state index >= 15 is 0 Å². The largest absolute Gasteiger partial charge is 0.233 e. The van der Waals surface area contributed by atoms with Crippen LogP contribution in [0.4, 0.5) is 0 Å². The molecule has 6 heavy (non-hydrogen) atoms. The molecule has 0 aliphatic carbocycles. The molecule has 0 unspecified atom stereocenters. The molecular formula is C2H2Br3O. The van der Waals surface area contributed by atoms with Crippen LogP contribution in [0.2, 0.25) is 0 Å². The Bertz CT molecular complexity index is 38.5. The van der Waals surface area contributed by atoms with Gasteiger partial charge in [-0.25, -0.2) is 5.11 Å². The monoisotopic (exact) mass is 279 g/mol.